The van der Waals surface area contributed by atoms with Gasteiger partial charge >= 0.3 is 0 Å². The summed E-state index contributed by atoms with van der Waals surface area (Å²) in [5.74, 6) is -0.426. The van der Waals surface area contributed by atoms with Gasteiger partial charge in [-0.05, 0) is 55.7 Å². The van der Waals surface area contributed by atoms with E-state index in [-0.39, 0.29) is 23.3 Å². The topological polar surface area (TPSA) is 95.3 Å². The van der Waals surface area contributed by atoms with Gasteiger partial charge in [-0.2, -0.15) is 10.4 Å². The first-order valence-electron chi connectivity index (χ1n) is 13.7. The largest absolute Gasteiger partial charge is 0.370 e. The van der Waals surface area contributed by atoms with Gasteiger partial charge in [-0.25, -0.2) is 8.91 Å². The molecule has 3 atom stereocenters. The number of benzene rings is 1. The number of halogens is 1. The number of hydrogen-bond donors (Lipinski definition) is 1. The highest BCUT2D eigenvalue weighted by Gasteiger charge is 2.50. The third-order valence-corrected chi connectivity index (χ3v) is 8.75. The van der Waals surface area contributed by atoms with E-state index in [9.17, 15) is 9.65 Å². The molecule has 2 aromatic heterocycles. The first kappa shape index (κ1) is 24.8. The average molecular weight is 532 g/mol. The highest BCUT2D eigenvalue weighted by Crippen LogP contribution is 2.45. The molecule has 4 aliphatic heterocycles. The van der Waals surface area contributed by atoms with Gasteiger partial charge in [0.1, 0.15) is 22.9 Å². The van der Waals surface area contributed by atoms with Crippen LogP contribution in [0.2, 0.25) is 0 Å². The number of nitrogens with zero attached hydrogens (tertiary/aromatic N) is 6. The summed E-state index contributed by atoms with van der Waals surface area (Å²) in [5.41, 5.74) is 11.2. The highest BCUT2D eigenvalue weighted by atomic mass is 19.1. The van der Waals surface area contributed by atoms with Crippen LogP contribution < -0.4 is 15.5 Å². The van der Waals surface area contributed by atoms with E-state index in [0.717, 1.165) is 44.8 Å². The molecule has 39 heavy (non-hydrogen) atoms. The van der Waals surface area contributed by atoms with Crippen molar-refractivity contribution in [3.8, 4) is 6.07 Å². The zero-order chi connectivity index (χ0) is 26.9. The van der Waals surface area contributed by atoms with E-state index in [1.807, 2.05) is 13.0 Å². The normalized spacial score (nSPS) is 28.2. The van der Waals surface area contributed by atoms with Crippen molar-refractivity contribution >= 4 is 16.9 Å². The molecule has 7 rings (SSSR count). The lowest BCUT2D eigenvalue weighted by Gasteiger charge is -2.50. The summed E-state index contributed by atoms with van der Waals surface area (Å²) in [5, 5.41) is 13.5. The molecule has 4 aliphatic rings. The minimum absolute atomic E-state index is 0.0106. The van der Waals surface area contributed by atoms with Crippen LogP contribution in [-0.2, 0) is 21.7 Å². The number of nitrogens with two attached hydrogens (primary N) is 1. The Bertz CT molecular complexity index is 1470. The van der Waals surface area contributed by atoms with Crippen molar-refractivity contribution in [3.63, 3.8) is 0 Å². The fraction of sp³-hybridized carbons (Fsp3) is 0.517. The zero-order valence-corrected chi connectivity index (χ0v) is 22.4. The molecular formula is C29H34FN7O2. The third kappa shape index (κ3) is 4.16. The molecule has 10 heteroatoms. The summed E-state index contributed by atoms with van der Waals surface area (Å²) >= 11 is 0. The monoisotopic (exact) mass is 531 g/mol. The van der Waals surface area contributed by atoms with E-state index in [1.54, 1.807) is 6.07 Å². The molecule has 0 bridgehead atoms. The molecule has 3 saturated heterocycles. The van der Waals surface area contributed by atoms with E-state index >= 15 is 0 Å². The lowest BCUT2D eigenvalue weighted by Crippen LogP contribution is -2.62. The Morgan fingerprint density at radius 1 is 1.18 bits per heavy atom. The summed E-state index contributed by atoms with van der Waals surface area (Å²) < 4.78 is 28.8. The van der Waals surface area contributed by atoms with Crippen LogP contribution >= 0.6 is 0 Å². The van der Waals surface area contributed by atoms with Crippen LogP contribution in [0.4, 0.5) is 15.8 Å². The maximum atomic E-state index is 14.7. The van der Waals surface area contributed by atoms with Crippen molar-refractivity contribution in [2.24, 2.45) is 5.73 Å². The first-order chi connectivity index (χ1) is 18.7. The van der Waals surface area contributed by atoms with Gasteiger partial charge in [-0.1, -0.05) is 6.07 Å². The number of aromatic nitrogens is 2. The summed E-state index contributed by atoms with van der Waals surface area (Å²) in [6.45, 7) is 10.4. The SMILES string of the molecule is CC1CN(c2ccc(C#N)n3ncc(F)c23)CC(CN2CC3(C2)OCc2cc(N4CC[C@](C)(N)C4)ccc23)O1. The van der Waals surface area contributed by atoms with Crippen molar-refractivity contribution in [2.45, 2.75) is 50.2 Å². The van der Waals surface area contributed by atoms with Gasteiger partial charge in [0.05, 0.1) is 30.7 Å². The molecule has 1 aromatic carbocycles. The van der Waals surface area contributed by atoms with Crippen LogP contribution in [0.15, 0.2) is 36.5 Å². The third-order valence-electron chi connectivity index (χ3n) is 8.75. The molecule has 3 fully saturated rings. The maximum absolute atomic E-state index is 14.7. The Hall–Kier alpha value is -3.23. The van der Waals surface area contributed by atoms with Crippen molar-refractivity contribution in [3.05, 3.63) is 59.2 Å². The second-order valence-electron chi connectivity index (χ2n) is 12.1. The molecule has 0 aliphatic carbocycles. The summed E-state index contributed by atoms with van der Waals surface area (Å²) in [7, 11) is 0. The minimum Gasteiger partial charge on any atom is -0.370 e. The predicted molar refractivity (Wildman–Crippen MR) is 145 cm³/mol. The Morgan fingerprint density at radius 2 is 2.03 bits per heavy atom. The number of nitriles is 1. The molecular weight excluding hydrogens is 497 g/mol. The number of hydrogen-bond acceptors (Lipinski definition) is 8. The van der Waals surface area contributed by atoms with Crippen molar-refractivity contribution in [1.29, 1.82) is 5.26 Å². The van der Waals surface area contributed by atoms with Gasteiger partial charge in [0, 0.05) is 57.0 Å². The fourth-order valence-corrected chi connectivity index (χ4v) is 6.93. The minimum atomic E-state index is -0.426. The molecule has 6 heterocycles. The van der Waals surface area contributed by atoms with Crippen LogP contribution in [0.25, 0.3) is 5.52 Å². The molecule has 0 radical (unpaired) electrons. The summed E-state index contributed by atoms with van der Waals surface area (Å²) in [6.07, 6.45) is 2.13. The molecule has 0 amide bonds. The summed E-state index contributed by atoms with van der Waals surface area (Å²) in [4.78, 5) is 6.92. The number of anilines is 2. The van der Waals surface area contributed by atoms with Gasteiger partial charge < -0.3 is 25.0 Å². The van der Waals surface area contributed by atoms with Gasteiger partial charge in [-0.3, -0.25) is 4.90 Å². The van der Waals surface area contributed by atoms with Gasteiger partial charge in [0.15, 0.2) is 5.82 Å². The van der Waals surface area contributed by atoms with E-state index < -0.39 is 5.82 Å². The number of pyridine rings is 1. The zero-order valence-electron chi connectivity index (χ0n) is 22.4. The van der Waals surface area contributed by atoms with Crippen LogP contribution in [0.1, 0.15) is 37.1 Å². The molecule has 2 unspecified atom stereocenters. The lowest BCUT2D eigenvalue weighted by atomic mass is 9.85. The number of ether oxygens (including phenoxy) is 2. The van der Waals surface area contributed by atoms with E-state index in [4.69, 9.17) is 15.2 Å². The molecule has 2 N–H and O–H groups in total. The Kier molecular flexibility index (Phi) is 5.65. The number of rotatable bonds is 4. The van der Waals surface area contributed by atoms with E-state index in [0.29, 0.717) is 30.9 Å². The second-order valence-corrected chi connectivity index (χ2v) is 12.1. The molecule has 9 nitrogen and oxygen atoms in total. The van der Waals surface area contributed by atoms with Gasteiger partial charge in [0.2, 0.25) is 0 Å². The van der Waals surface area contributed by atoms with Gasteiger partial charge in [0.25, 0.3) is 0 Å². The fourth-order valence-electron chi connectivity index (χ4n) is 6.93. The molecule has 0 saturated carbocycles. The first-order valence-corrected chi connectivity index (χ1v) is 13.7. The number of fused-ring (bicyclic) bond motifs is 3. The van der Waals surface area contributed by atoms with E-state index in [1.165, 1.54) is 27.5 Å². The summed E-state index contributed by atoms with van der Waals surface area (Å²) in [6, 6.07) is 12.4. The van der Waals surface area contributed by atoms with E-state index in [2.05, 4.69) is 51.0 Å². The van der Waals surface area contributed by atoms with Crippen LogP contribution in [0, 0.1) is 17.1 Å². The van der Waals surface area contributed by atoms with Crippen LogP contribution in [-0.4, -0.2) is 78.1 Å². The quantitative estimate of drug-likeness (QED) is 0.549. The van der Waals surface area contributed by atoms with Crippen molar-refractivity contribution in [1.82, 2.24) is 14.5 Å². The molecule has 3 aromatic rings. The number of likely N-dealkylation sites (tertiary alicyclic amines) is 1. The maximum Gasteiger partial charge on any atom is 0.171 e. The van der Waals surface area contributed by atoms with Crippen molar-refractivity contribution in [2.75, 3.05) is 55.6 Å². The predicted octanol–water partition coefficient (Wildman–Crippen LogP) is 2.61. The Morgan fingerprint density at radius 3 is 2.79 bits per heavy atom. The van der Waals surface area contributed by atoms with Crippen LogP contribution in [0.3, 0.4) is 0 Å². The lowest BCUT2D eigenvalue weighted by molar-refractivity contribution is -0.155. The highest BCUT2D eigenvalue weighted by molar-refractivity contribution is 5.74. The second kappa shape index (κ2) is 8.89. The Labute approximate surface area is 227 Å². The number of morpholine rings is 1. The molecule has 204 valence electrons. The standard InChI is InChI=1S/C29H34FN7O2/c1-19-12-36(26-6-4-22(10-31)37-27(26)25(30)11-33-37)14-23(39-19)13-34-17-29(18-34)24-5-3-21(9-20(24)15-38-29)35-8-7-28(2,32)16-35/h3-6,9,11,19,23H,7-8,12-18,32H2,1-2H3/t19?,23?,28-/m0/s1. The van der Waals surface area contributed by atoms with Crippen LogP contribution in [0.5, 0.6) is 0 Å². The average Bonchev–Trinajstić information content (AvgIpc) is 3.58. The van der Waals surface area contributed by atoms with Crippen molar-refractivity contribution < 1.29 is 13.9 Å². The Balaban J connectivity index is 1.03. The van der Waals surface area contributed by atoms with Gasteiger partial charge in [-0.15, -0.1) is 0 Å². The molecule has 1 spiro atoms. The smallest absolute Gasteiger partial charge is 0.171 e.